The van der Waals surface area contributed by atoms with Crippen LogP contribution < -0.4 is 0 Å². The molecule has 1 N–H and O–H groups in total. The molecule has 0 aliphatic rings. The van der Waals surface area contributed by atoms with Crippen LogP contribution in [0.25, 0.3) is 66.7 Å². The van der Waals surface area contributed by atoms with Crippen LogP contribution in [0.5, 0.6) is 5.75 Å². The highest BCUT2D eigenvalue weighted by molar-refractivity contribution is 6.12. The second kappa shape index (κ2) is 12.7. The summed E-state index contributed by atoms with van der Waals surface area (Å²) in [5, 5.41) is 12.8. The maximum atomic E-state index is 10.7. The van der Waals surface area contributed by atoms with Crippen LogP contribution in [0.3, 0.4) is 0 Å². The molecule has 8 rings (SSSR count). The van der Waals surface area contributed by atoms with Gasteiger partial charge in [0.1, 0.15) is 22.4 Å². The number of nitrogens with zero attached hydrogens (tertiary/aromatic N) is 2. The third-order valence-electron chi connectivity index (χ3n) is 9.49. The number of fused-ring (bicyclic) bond motifs is 4. The van der Waals surface area contributed by atoms with E-state index in [1.807, 2.05) is 54.6 Å². The highest BCUT2D eigenvalue weighted by Crippen LogP contribution is 2.42. The van der Waals surface area contributed by atoms with Gasteiger partial charge in [-0.2, -0.15) is 0 Å². The van der Waals surface area contributed by atoms with Crippen molar-refractivity contribution in [1.82, 2.24) is 4.98 Å². The first-order valence-electron chi connectivity index (χ1n) is 17.5. The van der Waals surface area contributed by atoms with Gasteiger partial charge in [0.15, 0.2) is 5.58 Å². The Morgan fingerprint density at radius 1 is 0.706 bits per heavy atom. The van der Waals surface area contributed by atoms with Crippen molar-refractivity contribution in [1.29, 1.82) is 0 Å². The maximum absolute atomic E-state index is 10.7. The minimum Gasteiger partial charge on any atom is -0.507 e. The van der Waals surface area contributed by atoms with Crippen LogP contribution in [0.15, 0.2) is 135 Å². The topological polar surface area (TPSA) is 71.8 Å². The van der Waals surface area contributed by atoms with E-state index in [9.17, 15) is 5.11 Å². The van der Waals surface area contributed by atoms with E-state index in [0.717, 1.165) is 67.3 Å². The standard InChI is InChI=1S/C46H40N2O3/c1-28(2)23-29-17-19-30(20-18-29)31-25-38(36-14-10-13-35-34-11-7-9-16-41(34)50-44(35)36)43-42(26-31)51-45(48-43)37-12-6-8-15-39(37)47-27-32-24-33(46(3,4)5)21-22-40(32)49/h6-22,24-28,49H,23H2,1-5H3. The van der Waals surface area contributed by atoms with Gasteiger partial charge < -0.3 is 13.9 Å². The molecule has 5 nitrogen and oxygen atoms in total. The first-order chi connectivity index (χ1) is 24.6. The van der Waals surface area contributed by atoms with Crippen molar-refractivity contribution in [2.45, 2.75) is 46.5 Å². The molecular weight excluding hydrogens is 629 g/mol. The Morgan fingerprint density at radius 2 is 1.45 bits per heavy atom. The van der Waals surface area contributed by atoms with Crippen LogP contribution in [0.1, 0.15) is 51.3 Å². The summed E-state index contributed by atoms with van der Waals surface area (Å²) in [6.45, 7) is 10.9. The largest absolute Gasteiger partial charge is 0.507 e. The molecule has 0 atom stereocenters. The zero-order chi connectivity index (χ0) is 35.3. The lowest BCUT2D eigenvalue weighted by Gasteiger charge is -2.19. The number of phenolic OH excluding ortho intramolecular Hbond substituents is 1. The molecule has 252 valence electrons. The van der Waals surface area contributed by atoms with E-state index < -0.39 is 0 Å². The van der Waals surface area contributed by atoms with Gasteiger partial charge in [-0.05, 0) is 82.5 Å². The monoisotopic (exact) mass is 668 g/mol. The van der Waals surface area contributed by atoms with Crippen LogP contribution in [0, 0.1) is 5.92 Å². The van der Waals surface area contributed by atoms with Crippen molar-refractivity contribution in [2.24, 2.45) is 10.9 Å². The zero-order valence-corrected chi connectivity index (χ0v) is 29.6. The highest BCUT2D eigenvalue weighted by atomic mass is 16.3. The Hall–Kier alpha value is -5.94. The molecule has 2 aromatic heterocycles. The average Bonchev–Trinajstić information content (AvgIpc) is 3.73. The normalized spacial score (nSPS) is 12.3. The van der Waals surface area contributed by atoms with E-state index in [0.29, 0.717) is 28.6 Å². The molecule has 2 heterocycles. The fourth-order valence-corrected chi connectivity index (χ4v) is 6.81. The van der Waals surface area contributed by atoms with Gasteiger partial charge in [0.25, 0.3) is 0 Å². The molecule has 6 aromatic carbocycles. The summed E-state index contributed by atoms with van der Waals surface area (Å²) in [4.78, 5) is 10.00. The Labute approximate surface area is 297 Å². The Kier molecular flexibility index (Phi) is 8.07. The predicted molar refractivity (Wildman–Crippen MR) is 210 cm³/mol. The van der Waals surface area contributed by atoms with Gasteiger partial charge in [0, 0.05) is 33.7 Å². The fourth-order valence-electron chi connectivity index (χ4n) is 6.81. The molecule has 0 radical (unpaired) electrons. The minimum absolute atomic E-state index is 0.0637. The van der Waals surface area contributed by atoms with Crippen LogP contribution >= 0.6 is 0 Å². The quantitative estimate of drug-likeness (QED) is 0.172. The molecule has 0 fully saturated rings. The molecule has 0 aliphatic carbocycles. The number of phenols is 1. The lowest BCUT2D eigenvalue weighted by molar-refractivity contribution is 0.473. The molecule has 0 spiro atoms. The number of furan rings is 1. The summed E-state index contributed by atoms with van der Waals surface area (Å²) in [6, 6.07) is 41.0. The van der Waals surface area contributed by atoms with Gasteiger partial charge in [0.2, 0.25) is 5.89 Å². The molecular formula is C46H40N2O3. The fraction of sp³-hybridized carbons (Fsp3) is 0.174. The third kappa shape index (κ3) is 6.21. The first kappa shape index (κ1) is 32.3. The average molecular weight is 669 g/mol. The van der Waals surface area contributed by atoms with Gasteiger partial charge in [-0.1, -0.05) is 113 Å². The summed E-state index contributed by atoms with van der Waals surface area (Å²) in [6.07, 6.45) is 2.74. The number of para-hydroxylation sites is 3. The molecule has 8 aromatic rings. The summed E-state index contributed by atoms with van der Waals surface area (Å²) in [7, 11) is 0. The van der Waals surface area contributed by atoms with Crippen molar-refractivity contribution in [2.75, 3.05) is 0 Å². The molecule has 51 heavy (non-hydrogen) atoms. The maximum Gasteiger partial charge on any atom is 0.229 e. The lowest BCUT2D eigenvalue weighted by atomic mass is 9.86. The zero-order valence-electron chi connectivity index (χ0n) is 29.6. The van der Waals surface area contributed by atoms with Crippen molar-refractivity contribution < 1.29 is 13.9 Å². The molecule has 5 heteroatoms. The Morgan fingerprint density at radius 3 is 2.25 bits per heavy atom. The summed E-state index contributed by atoms with van der Waals surface area (Å²) < 4.78 is 13.2. The Bertz CT molecular complexity index is 2580. The van der Waals surface area contributed by atoms with E-state index in [1.165, 1.54) is 5.56 Å². The SMILES string of the molecule is CC(C)Cc1ccc(-c2cc(-c3cccc4c3oc3ccccc34)c3nc(-c4ccccc4N=Cc4cc(C(C)(C)C)ccc4O)oc3c2)cc1. The third-order valence-corrected chi connectivity index (χ3v) is 9.49. The van der Waals surface area contributed by atoms with Gasteiger partial charge in [0.05, 0.1) is 11.3 Å². The van der Waals surface area contributed by atoms with E-state index in [-0.39, 0.29) is 11.2 Å². The van der Waals surface area contributed by atoms with E-state index in [1.54, 1.807) is 12.3 Å². The van der Waals surface area contributed by atoms with Gasteiger partial charge in [-0.3, -0.25) is 4.99 Å². The predicted octanol–water partition coefficient (Wildman–Crippen LogP) is 12.7. The molecule has 0 unspecified atom stereocenters. The van der Waals surface area contributed by atoms with Crippen molar-refractivity contribution in [3.05, 3.63) is 138 Å². The highest BCUT2D eigenvalue weighted by Gasteiger charge is 2.21. The summed E-state index contributed by atoms with van der Waals surface area (Å²) >= 11 is 0. The molecule has 0 bridgehead atoms. The van der Waals surface area contributed by atoms with E-state index in [4.69, 9.17) is 18.8 Å². The van der Waals surface area contributed by atoms with E-state index >= 15 is 0 Å². The number of oxazole rings is 1. The van der Waals surface area contributed by atoms with Crippen LogP contribution in [0.2, 0.25) is 0 Å². The van der Waals surface area contributed by atoms with Gasteiger partial charge in [-0.25, -0.2) is 4.98 Å². The van der Waals surface area contributed by atoms with Crippen LogP contribution in [-0.4, -0.2) is 16.3 Å². The second-order valence-corrected chi connectivity index (χ2v) is 14.8. The number of rotatable bonds is 7. The summed E-state index contributed by atoms with van der Waals surface area (Å²) in [5.41, 5.74) is 11.6. The number of aromatic hydroxyl groups is 1. The van der Waals surface area contributed by atoms with E-state index in [2.05, 4.69) is 95.3 Å². The smallest absolute Gasteiger partial charge is 0.229 e. The van der Waals surface area contributed by atoms with Gasteiger partial charge in [-0.15, -0.1) is 0 Å². The number of aromatic nitrogens is 1. The number of hydrogen-bond donors (Lipinski definition) is 1. The minimum atomic E-state index is -0.0637. The number of aliphatic imine (C=N–C) groups is 1. The molecule has 0 aliphatic heterocycles. The van der Waals surface area contributed by atoms with Crippen molar-refractivity contribution >= 4 is 44.9 Å². The molecule has 0 saturated carbocycles. The summed E-state index contributed by atoms with van der Waals surface area (Å²) in [5.74, 6) is 1.23. The first-order valence-corrected chi connectivity index (χ1v) is 17.5. The van der Waals surface area contributed by atoms with Crippen LogP contribution in [-0.2, 0) is 11.8 Å². The Balaban J connectivity index is 1.29. The number of benzene rings is 6. The number of hydrogen-bond acceptors (Lipinski definition) is 5. The second-order valence-electron chi connectivity index (χ2n) is 14.8. The van der Waals surface area contributed by atoms with Crippen LogP contribution in [0.4, 0.5) is 5.69 Å². The van der Waals surface area contributed by atoms with Crippen molar-refractivity contribution in [3.8, 4) is 39.5 Å². The molecule has 0 amide bonds. The molecule has 0 saturated heterocycles. The van der Waals surface area contributed by atoms with Gasteiger partial charge >= 0.3 is 0 Å². The van der Waals surface area contributed by atoms with Crippen molar-refractivity contribution in [3.63, 3.8) is 0 Å². The lowest BCUT2D eigenvalue weighted by Crippen LogP contribution is -2.11.